The van der Waals surface area contributed by atoms with Crippen LogP contribution in [0.2, 0.25) is 0 Å². The molecule has 1 N–H and O–H groups in total. The highest BCUT2D eigenvalue weighted by molar-refractivity contribution is 6.12. The van der Waals surface area contributed by atoms with E-state index in [1.807, 2.05) is 39.0 Å². The van der Waals surface area contributed by atoms with Crippen molar-refractivity contribution >= 4 is 23.2 Å². The van der Waals surface area contributed by atoms with Gasteiger partial charge in [-0.15, -0.1) is 0 Å². The minimum absolute atomic E-state index is 0.0367. The van der Waals surface area contributed by atoms with E-state index in [4.69, 9.17) is 4.98 Å². The Morgan fingerprint density at radius 3 is 2.41 bits per heavy atom. The number of carbonyl (C=O) groups excluding carboxylic acids is 1. The van der Waals surface area contributed by atoms with Gasteiger partial charge in [-0.2, -0.15) is 0 Å². The molecule has 0 unspecified atom stereocenters. The number of benzene rings is 1. The Labute approximate surface area is 187 Å². The van der Waals surface area contributed by atoms with Gasteiger partial charge in [0.25, 0.3) is 0 Å². The van der Waals surface area contributed by atoms with Crippen LogP contribution >= 0.6 is 0 Å². The van der Waals surface area contributed by atoms with Crippen LogP contribution in [-0.2, 0) is 10.2 Å². The molecular formula is C24H26N6O2. The number of nitrogens with zero attached hydrogens (tertiary/aromatic N) is 6. The minimum atomic E-state index is -0.676. The van der Waals surface area contributed by atoms with Gasteiger partial charge in [0, 0.05) is 31.0 Å². The predicted molar refractivity (Wildman–Crippen MR) is 122 cm³/mol. The number of aryl methyl sites for hydroxylation is 1. The number of fused-ring (bicyclic) bond motifs is 1. The van der Waals surface area contributed by atoms with Gasteiger partial charge in [0.15, 0.2) is 5.82 Å². The highest BCUT2D eigenvalue weighted by Gasteiger charge is 2.45. The number of piperidine rings is 1. The van der Waals surface area contributed by atoms with Crippen LogP contribution in [0.15, 0.2) is 43.0 Å². The summed E-state index contributed by atoms with van der Waals surface area (Å²) in [5.41, 5.74) is 2.91. The molecule has 0 aliphatic carbocycles. The first-order valence-electron chi connectivity index (χ1n) is 10.9. The van der Waals surface area contributed by atoms with Crippen molar-refractivity contribution in [2.24, 2.45) is 0 Å². The standard InChI is InChI=1S/C24H26N6O2/c1-15-26-11-17(12-27-15)16-4-5-19-20(10-16)30(23(32)24(19,2)3)22-14-25-13-21(28-22)29-8-6-18(31)7-9-29/h4-5,10-14,18,31H,6-9H2,1-3H3. The number of aliphatic hydroxyl groups is 1. The minimum Gasteiger partial charge on any atom is -0.393 e. The van der Waals surface area contributed by atoms with Crippen LogP contribution in [0.4, 0.5) is 17.3 Å². The second-order valence-corrected chi connectivity index (χ2v) is 8.97. The van der Waals surface area contributed by atoms with Gasteiger partial charge in [0.1, 0.15) is 11.6 Å². The molecule has 8 nitrogen and oxygen atoms in total. The van der Waals surface area contributed by atoms with Crippen LogP contribution in [0, 0.1) is 6.92 Å². The molecule has 4 heterocycles. The first-order chi connectivity index (χ1) is 15.3. The lowest BCUT2D eigenvalue weighted by Crippen LogP contribution is -2.37. The monoisotopic (exact) mass is 430 g/mol. The summed E-state index contributed by atoms with van der Waals surface area (Å²) < 4.78 is 0. The molecule has 1 aromatic carbocycles. The summed E-state index contributed by atoms with van der Waals surface area (Å²) in [6.45, 7) is 7.15. The molecule has 2 aliphatic heterocycles. The fourth-order valence-corrected chi connectivity index (χ4v) is 4.40. The summed E-state index contributed by atoms with van der Waals surface area (Å²) in [6, 6.07) is 6.01. The number of aromatic nitrogens is 4. The Kier molecular flexibility index (Phi) is 4.89. The Morgan fingerprint density at radius 1 is 1.00 bits per heavy atom. The predicted octanol–water partition coefficient (Wildman–Crippen LogP) is 3.16. The molecule has 0 bridgehead atoms. The summed E-state index contributed by atoms with van der Waals surface area (Å²) in [7, 11) is 0. The van der Waals surface area contributed by atoms with Crippen LogP contribution in [0.25, 0.3) is 11.1 Å². The van der Waals surface area contributed by atoms with Crippen LogP contribution in [0.1, 0.15) is 38.1 Å². The number of aliphatic hydroxyl groups excluding tert-OH is 1. The second kappa shape index (κ2) is 7.63. The smallest absolute Gasteiger partial charge is 0.242 e. The van der Waals surface area contributed by atoms with Gasteiger partial charge in [0.2, 0.25) is 5.91 Å². The Hall–Kier alpha value is -3.39. The lowest BCUT2D eigenvalue weighted by Gasteiger charge is -2.30. The zero-order valence-electron chi connectivity index (χ0n) is 18.5. The van der Waals surface area contributed by atoms with E-state index in [1.165, 1.54) is 0 Å². The maximum atomic E-state index is 13.5. The normalized spacial score (nSPS) is 18.2. The highest BCUT2D eigenvalue weighted by Crippen LogP contribution is 2.46. The molecule has 1 amide bonds. The van der Waals surface area contributed by atoms with E-state index < -0.39 is 5.41 Å². The van der Waals surface area contributed by atoms with Gasteiger partial charge >= 0.3 is 0 Å². The van der Waals surface area contributed by atoms with Crippen LogP contribution in [0.3, 0.4) is 0 Å². The lowest BCUT2D eigenvalue weighted by atomic mass is 9.85. The van der Waals surface area contributed by atoms with E-state index in [-0.39, 0.29) is 12.0 Å². The number of rotatable bonds is 3. The number of hydrogen-bond donors (Lipinski definition) is 1. The van der Waals surface area contributed by atoms with E-state index in [9.17, 15) is 9.90 Å². The summed E-state index contributed by atoms with van der Waals surface area (Å²) in [4.78, 5) is 35.1. The number of anilines is 3. The zero-order valence-corrected chi connectivity index (χ0v) is 18.5. The summed E-state index contributed by atoms with van der Waals surface area (Å²) in [6.07, 6.45) is 8.07. The summed E-state index contributed by atoms with van der Waals surface area (Å²) in [5.74, 6) is 1.90. The first kappa shape index (κ1) is 20.5. The van der Waals surface area contributed by atoms with Crippen LogP contribution in [0.5, 0.6) is 0 Å². The molecule has 0 atom stereocenters. The van der Waals surface area contributed by atoms with Gasteiger partial charge in [-0.3, -0.25) is 14.7 Å². The van der Waals surface area contributed by atoms with Crippen molar-refractivity contribution in [2.45, 2.75) is 45.1 Å². The quantitative estimate of drug-likeness (QED) is 0.682. The van der Waals surface area contributed by atoms with E-state index in [0.717, 1.165) is 28.2 Å². The molecular weight excluding hydrogens is 404 g/mol. The fourth-order valence-electron chi connectivity index (χ4n) is 4.40. The molecule has 1 saturated heterocycles. The molecule has 1 fully saturated rings. The van der Waals surface area contributed by atoms with Gasteiger partial charge in [-0.25, -0.2) is 15.0 Å². The van der Waals surface area contributed by atoms with Crippen molar-refractivity contribution in [3.05, 3.63) is 54.4 Å². The number of carbonyl (C=O) groups is 1. The summed E-state index contributed by atoms with van der Waals surface area (Å²) >= 11 is 0. The largest absolute Gasteiger partial charge is 0.393 e. The van der Waals surface area contributed by atoms with Gasteiger partial charge < -0.3 is 10.0 Å². The van der Waals surface area contributed by atoms with Crippen molar-refractivity contribution in [3.63, 3.8) is 0 Å². The molecule has 0 radical (unpaired) electrons. The van der Waals surface area contributed by atoms with Crippen molar-refractivity contribution in [1.82, 2.24) is 19.9 Å². The molecule has 5 rings (SSSR count). The fraction of sp³-hybridized carbons (Fsp3) is 0.375. The maximum absolute atomic E-state index is 13.5. The van der Waals surface area contributed by atoms with Crippen LogP contribution < -0.4 is 9.80 Å². The van der Waals surface area contributed by atoms with Crippen molar-refractivity contribution < 1.29 is 9.90 Å². The average Bonchev–Trinajstić information content (AvgIpc) is 3.00. The maximum Gasteiger partial charge on any atom is 0.242 e. The number of hydrogen-bond acceptors (Lipinski definition) is 7. The van der Waals surface area contributed by atoms with E-state index in [2.05, 4.69) is 19.9 Å². The third-order valence-corrected chi connectivity index (χ3v) is 6.39. The van der Waals surface area contributed by atoms with E-state index >= 15 is 0 Å². The van der Waals surface area contributed by atoms with Gasteiger partial charge in [-0.1, -0.05) is 12.1 Å². The van der Waals surface area contributed by atoms with Crippen molar-refractivity contribution in [3.8, 4) is 11.1 Å². The van der Waals surface area contributed by atoms with Gasteiger partial charge in [0.05, 0.1) is 29.6 Å². The molecule has 164 valence electrons. The lowest BCUT2D eigenvalue weighted by molar-refractivity contribution is -0.121. The molecule has 0 saturated carbocycles. The Balaban J connectivity index is 1.56. The van der Waals surface area contributed by atoms with Crippen molar-refractivity contribution in [2.75, 3.05) is 22.9 Å². The molecule has 2 aromatic heterocycles. The second-order valence-electron chi connectivity index (χ2n) is 8.97. The molecule has 2 aliphatic rings. The zero-order chi connectivity index (χ0) is 22.5. The average molecular weight is 431 g/mol. The van der Waals surface area contributed by atoms with Crippen molar-refractivity contribution in [1.29, 1.82) is 0 Å². The third-order valence-electron chi connectivity index (χ3n) is 6.39. The topological polar surface area (TPSA) is 95.3 Å². The van der Waals surface area contributed by atoms with Crippen LogP contribution in [-0.4, -0.2) is 50.1 Å². The molecule has 0 spiro atoms. The molecule has 8 heteroatoms. The number of amides is 1. The molecule has 3 aromatic rings. The summed E-state index contributed by atoms with van der Waals surface area (Å²) in [5, 5.41) is 9.81. The third kappa shape index (κ3) is 3.40. The Morgan fingerprint density at radius 2 is 1.69 bits per heavy atom. The highest BCUT2D eigenvalue weighted by atomic mass is 16.3. The SMILES string of the molecule is Cc1ncc(-c2ccc3c(c2)N(c2cncc(N4CCC(O)CC4)n2)C(=O)C3(C)C)cn1. The molecule has 32 heavy (non-hydrogen) atoms. The van der Waals surface area contributed by atoms with Gasteiger partial charge in [-0.05, 0) is 50.8 Å². The Bertz CT molecular complexity index is 1170. The first-order valence-corrected chi connectivity index (χ1v) is 10.9. The van der Waals surface area contributed by atoms with E-state index in [1.54, 1.807) is 29.7 Å². The van der Waals surface area contributed by atoms with E-state index in [0.29, 0.717) is 37.6 Å².